The van der Waals surface area contributed by atoms with Crippen molar-refractivity contribution in [2.24, 2.45) is 5.10 Å². The smallest absolute Gasteiger partial charge is 0.281 e. The summed E-state index contributed by atoms with van der Waals surface area (Å²) in [5.74, 6) is 0.343. The number of benzene rings is 1. The first-order chi connectivity index (χ1) is 11.6. The summed E-state index contributed by atoms with van der Waals surface area (Å²) in [6.07, 6.45) is 0.126. The summed E-state index contributed by atoms with van der Waals surface area (Å²) < 4.78 is 5.08. The highest BCUT2D eigenvalue weighted by molar-refractivity contribution is 7.12. The summed E-state index contributed by atoms with van der Waals surface area (Å²) in [6, 6.07) is 11.0. The van der Waals surface area contributed by atoms with Crippen molar-refractivity contribution in [3.05, 3.63) is 52.2 Å². The Morgan fingerprint density at radius 2 is 1.96 bits per heavy atom. The molecule has 1 aromatic heterocycles. The second-order valence-corrected chi connectivity index (χ2v) is 6.01. The molecule has 2 amide bonds. The van der Waals surface area contributed by atoms with Crippen LogP contribution < -0.4 is 15.5 Å². The van der Waals surface area contributed by atoms with Crippen LogP contribution in [0.25, 0.3) is 0 Å². The summed E-state index contributed by atoms with van der Waals surface area (Å²) in [7, 11) is 1.61. The van der Waals surface area contributed by atoms with Gasteiger partial charge < -0.3 is 10.1 Å². The molecule has 0 spiro atoms. The Labute approximate surface area is 144 Å². The fraction of sp³-hybridized carbons (Fsp3) is 0.235. The van der Waals surface area contributed by atoms with Crippen LogP contribution in [0.3, 0.4) is 0 Å². The van der Waals surface area contributed by atoms with E-state index in [1.54, 1.807) is 26.2 Å². The molecule has 2 N–H and O–H groups in total. The molecule has 0 radical (unpaired) electrons. The van der Waals surface area contributed by atoms with Gasteiger partial charge in [-0.15, -0.1) is 11.3 Å². The summed E-state index contributed by atoms with van der Waals surface area (Å²) in [6.45, 7) is 2.12. The Hall–Kier alpha value is -2.67. The van der Waals surface area contributed by atoms with Gasteiger partial charge in [-0.25, -0.2) is 5.43 Å². The molecular weight excluding hydrogens is 326 g/mol. The van der Waals surface area contributed by atoms with Gasteiger partial charge in [0.15, 0.2) is 0 Å². The molecule has 0 aliphatic rings. The lowest BCUT2D eigenvalue weighted by Gasteiger charge is -2.06. The zero-order valence-corrected chi connectivity index (χ0v) is 14.4. The molecular formula is C17H19N3O3S. The van der Waals surface area contributed by atoms with Crippen LogP contribution in [-0.4, -0.2) is 24.6 Å². The molecule has 0 fully saturated rings. The van der Waals surface area contributed by atoms with Gasteiger partial charge in [0.1, 0.15) is 5.75 Å². The molecule has 0 saturated heterocycles. The first-order valence-corrected chi connectivity index (χ1v) is 8.23. The Balaban J connectivity index is 1.76. The predicted octanol–water partition coefficient (Wildman–Crippen LogP) is 2.57. The van der Waals surface area contributed by atoms with E-state index >= 15 is 0 Å². The van der Waals surface area contributed by atoms with Gasteiger partial charge in [0.25, 0.3) is 5.91 Å². The second-order valence-electron chi connectivity index (χ2n) is 5.07. The van der Waals surface area contributed by atoms with Gasteiger partial charge in [-0.2, -0.15) is 5.10 Å². The first-order valence-electron chi connectivity index (χ1n) is 7.35. The van der Waals surface area contributed by atoms with Gasteiger partial charge in [-0.3, -0.25) is 9.59 Å². The molecule has 1 aromatic carbocycles. The molecule has 1 heterocycles. The quantitative estimate of drug-likeness (QED) is 0.598. The third-order valence-corrected chi connectivity index (χ3v) is 4.03. The first kappa shape index (κ1) is 17.7. The summed E-state index contributed by atoms with van der Waals surface area (Å²) >= 11 is 1.34. The zero-order valence-electron chi connectivity index (χ0n) is 13.5. The predicted molar refractivity (Wildman–Crippen MR) is 94.4 cm³/mol. The van der Waals surface area contributed by atoms with E-state index in [2.05, 4.69) is 15.8 Å². The number of amides is 2. The average Bonchev–Trinajstić information content (AvgIpc) is 3.13. The highest BCUT2D eigenvalue weighted by Gasteiger charge is 2.07. The van der Waals surface area contributed by atoms with Crippen LogP contribution in [0.1, 0.15) is 28.6 Å². The maximum absolute atomic E-state index is 11.9. The molecule has 0 aliphatic heterocycles. The van der Waals surface area contributed by atoms with E-state index in [9.17, 15) is 9.59 Å². The molecule has 0 saturated carbocycles. The fourth-order valence-corrected chi connectivity index (χ4v) is 2.50. The van der Waals surface area contributed by atoms with E-state index in [0.29, 0.717) is 17.1 Å². The number of methoxy groups -OCH3 is 1. The van der Waals surface area contributed by atoms with E-state index in [1.807, 2.05) is 29.6 Å². The van der Waals surface area contributed by atoms with Gasteiger partial charge in [0.05, 0.1) is 18.4 Å². The highest BCUT2D eigenvalue weighted by Crippen LogP contribution is 2.11. The Morgan fingerprint density at radius 1 is 1.21 bits per heavy atom. The lowest BCUT2D eigenvalue weighted by atomic mass is 10.2. The van der Waals surface area contributed by atoms with Crippen molar-refractivity contribution in [2.45, 2.75) is 19.9 Å². The van der Waals surface area contributed by atoms with Crippen LogP contribution >= 0.6 is 11.3 Å². The topological polar surface area (TPSA) is 79.8 Å². The van der Waals surface area contributed by atoms with Crippen LogP contribution in [0.4, 0.5) is 0 Å². The zero-order chi connectivity index (χ0) is 17.4. The van der Waals surface area contributed by atoms with E-state index in [1.165, 1.54) is 11.3 Å². The highest BCUT2D eigenvalue weighted by atomic mass is 32.1. The van der Waals surface area contributed by atoms with Gasteiger partial charge in [0, 0.05) is 12.3 Å². The fourth-order valence-electron chi connectivity index (χ4n) is 1.89. The molecule has 2 aromatic rings. The van der Waals surface area contributed by atoms with Crippen molar-refractivity contribution >= 4 is 28.9 Å². The molecule has 0 bridgehead atoms. The number of rotatable bonds is 7. The number of ether oxygens (including phenoxy) is 1. The maximum Gasteiger partial charge on any atom is 0.281 e. The number of thiophene rings is 1. The summed E-state index contributed by atoms with van der Waals surface area (Å²) in [5.41, 5.74) is 3.95. The minimum atomic E-state index is -0.275. The molecule has 0 aliphatic carbocycles. The van der Waals surface area contributed by atoms with Crippen LogP contribution in [0.5, 0.6) is 5.75 Å². The van der Waals surface area contributed by atoms with Crippen LogP contribution in [-0.2, 0) is 11.3 Å². The second kappa shape index (κ2) is 8.83. The van der Waals surface area contributed by atoms with Gasteiger partial charge in [0.2, 0.25) is 5.91 Å². The maximum atomic E-state index is 11.9. The monoisotopic (exact) mass is 345 g/mol. The molecule has 2 rings (SSSR count). The lowest BCUT2D eigenvalue weighted by molar-refractivity contribution is -0.120. The van der Waals surface area contributed by atoms with E-state index < -0.39 is 0 Å². The Kier molecular flexibility index (Phi) is 6.51. The van der Waals surface area contributed by atoms with Crippen LogP contribution in [0.2, 0.25) is 0 Å². The van der Waals surface area contributed by atoms with Crippen LogP contribution in [0.15, 0.2) is 46.9 Å². The molecule has 6 nitrogen and oxygen atoms in total. The lowest BCUT2D eigenvalue weighted by Crippen LogP contribution is -2.26. The number of hydrazone groups is 1. The minimum Gasteiger partial charge on any atom is -0.497 e. The van der Waals surface area contributed by atoms with E-state index in [4.69, 9.17) is 4.74 Å². The van der Waals surface area contributed by atoms with Gasteiger partial charge in [-0.1, -0.05) is 18.2 Å². The largest absolute Gasteiger partial charge is 0.497 e. The van der Waals surface area contributed by atoms with Crippen molar-refractivity contribution in [3.8, 4) is 5.75 Å². The van der Waals surface area contributed by atoms with Crippen molar-refractivity contribution in [1.82, 2.24) is 10.7 Å². The number of carbonyl (C=O) groups excluding carboxylic acids is 2. The van der Waals surface area contributed by atoms with Gasteiger partial charge >= 0.3 is 0 Å². The number of nitrogens with zero attached hydrogens (tertiary/aromatic N) is 1. The molecule has 126 valence electrons. The molecule has 24 heavy (non-hydrogen) atoms. The van der Waals surface area contributed by atoms with Crippen molar-refractivity contribution in [1.29, 1.82) is 0 Å². The number of hydrogen-bond donors (Lipinski definition) is 2. The summed E-state index contributed by atoms with van der Waals surface area (Å²) in [4.78, 5) is 24.2. The van der Waals surface area contributed by atoms with Crippen molar-refractivity contribution < 1.29 is 14.3 Å². The standard InChI is InChI=1S/C17H19N3O3S/c1-12(19-20-17(22)15-4-3-9-24-15)10-16(21)18-11-13-5-7-14(23-2)8-6-13/h3-9H,10-11H2,1-2H3,(H,18,21)(H,20,22). The summed E-state index contributed by atoms with van der Waals surface area (Å²) in [5, 5.41) is 8.57. The average molecular weight is 345 g/mol. The number of hydrogen-bond acceptors (Lipinski definition) is 5. The van der Waals surface area contributed by atoms with Crippen molar-refractivity contribution in [2.75, 3.05) is 7.11 Å². The molecule has 0 atom stereocenters. The minimum absolute atomic E-state index is 0.126. The van der Waals surface area contributed by atoms with E-state index in [-0.39, 0.29) is 18.2 Å². The SMILES string of the molecule is COc1ccc(CNC(=O)CC(C)=NNC(=O)c2cccs2)cc1. The van der Waals surface area contributed by atoms with Crippen molar-refractivity contribution in [3.63, 3.8) is 0 Å². The van der Waals surface area contributed by atoms with Crippen LogP contribution in [0, 0.1) is 0 Å². The third-order valence-electron chi connectivity index (χ3n) is 3.16. The Bertz CT molecular complexity index is 709. The number of carbonyl (C=O) groups is 2. The van der Waals surface area contributed by atoms with E-state index in [0.717, 1.165) is 11.3 Å². The third kappa shape index (κ3) is 5.51. The molecule has 0 unspecified atom stereocenters. The van der Waals surface area contributed by atoms with Gasteiger partial charge in [-0.05, 0) is 36.1 Å². The number of nitrogens with one attached hydrogen (secondary N) is 2. The molecule has 7 heteroatoms. The normalized spacial score (nSPS) is 11.0. The Morgan fingerprint density at radius 3 is 2.58 bits per heavy atom.